The van der Waals surface area contributed by atoms with Crippen LogP contribution in [0.5, 0.6) is 0 Å². The van der Waals surface area contributed by atoms with Crippen molar-refractivity contribution in [1.29, 1.82) is 0 Å². The number of rotatable bonds is 4. The first-order valence-electron chi connectivity index (χ1n) is 11.6. The summed E-state index contributed by atoms with van der Waals surface area (Å²) in [4.78, 5) is 12.3. The van der Waals surface area contributed by atoms with Crippen LogP contribution in [0.1, 0.15) is 45.5 Å². The van der Waals surface area contributed by atoms with Gasteiger partial charge in [-0.1, -0.05) is 91.0 Å². The summed E-state index contributed by atoms with van der Waals surface area (Å²) in [5.74, 6) is -0.813. The molecule has 4 aromatic carbocycles. The third kappa shape index (κ3) is 3.16. The molecule has 0 heterocycles. The largest absolute Gasteiger partial charge is 0.478 e. The molecule has 0 aliphatic heterocycles. The molecule has 33 heavy (non-hydrogen) atoms. The number of hydrogen-bond donors (Lipinski definition) is 1. The van der Waals surface area contributed by atoms with E-state index in [1.165, 1.54) is 32.6 Å². The molecule has 1 N–H and O–H groups in total. The zero-order valence-electron chi connectivity index (χ0n) is 18.4. The minimum Gasteiger partial charge on any atom is -0.478 e. The van der Waals surface area contributed by atoms with Crippen molar-refractivity contribution in [2.75, 3.05) is 0 Å². The Labute approximate surface area is 195 Å². The smallest absolute Gasteiger partial charge is 0.336 e. The van der Waals surface area contributed by atoms with Crippen molar-refractivity contribution in [3.63, 3.8) is 0 Å². The Kier molecular flexibility index (Phi) is 4.93. The fraction of sp³-hybridized carbons (Fsp3) is 0.167. The zero-order chi connectivity index (χ0) is 22.4. The average molecular weight is 449 g/mol. The molecule has 0 bridgehead atoms. The molecule has 1 atom stereocenters. The summed E-state index contributed by atoms with van der Waals surface area (Å²) in [5, 5.41) is 14.1. The summed E-state index contributed by atoms with van der Waals surface area (Å²) < 4.78 is 0. The molecular formula is C30H25O2P. The molecule has 0 amide bonds. The van der Waals surface area contributed by atoms with Crippen molar-refractivity contribution in [2.45, 2.75) is 31.1 Å². The lowest BCUT2D eigenvalue weighted by molar-refractivity contribution is 0.0694. The molecular weight excluding hydrogens is 423 g/mol. The Hall–Kier alpha value is -3.22. The van der Waals surface area contributed by atoms with E-state index in [9.17, 15) is 9.90 Å². The predicted molar refractivity (Wildman–Crippen MR) is 136 cm³/mol. The summed E-state index contributed by atoms with van der Waals surface area (Å²) >= 11 is 0. The lowest BCUT2D eigenvalue weighted by Crippen LogP contribution is -2.32. The molecule has 2 aliphatic carbocycles. The van der Waals surface area contributed by atoms with Gasteiger partial charge < -0.3 is 5.11 Å². The second kappa shape index (κ2) is 7.97. The number of hydrogen-bond acceptors (Lipinski definition) is 1. The molecule has 1 unspecified atom stereocenters. The van der Waals surface area contributed by atoms with Gasteiger partial charge in [0, 0.05) is 5.41 Å². The van der Waals surface area contributed by atoms with Crippen molar-refractivity contribution < 1.29 is 9.90 Å². The van der Waals surface area contributed by atoms with Crippen LogP contribution in [-0.2, 0) is 18.3 Å². The van der Waals surface area contributed by atoms with Gasteiger partial charge in [0.15, 0.2) is 0 Å². The van der Waals surface area contributed by atoms with Crippen LogP contribution >= 0.6 is 7.92 Å². The minimum atomic E-state index is -0.813. The monoisotopic (exact) mass is 448 g/mol. The minimum absolute atomic E-state index is 0.208. The van der Waals surface area contributed by atoms with E-state index in [4.69, 9.17) is 0 Å². The van der Waals surface area contributed by atoms with E-state index in [0.29, 0.717) is 5.56 Å². The quantitative estimate of drug-likeness (QED) is 0.429. The Morgan fingerprint density at radius 2 is 1.21 bits per heavy atom. The molecule has 2 nitrogen and oxygen atoms in total. The van der Waals surface area contributed by atoms with E-state index in [-0.39, 0.29) is 5.41 Å². The molecule has 0 saturated heterocycles. The van der Waals surface area contributed by atoms with Crippen LogP contribution in [0.4, 0.5) is 0 Å². The molecule has 0 aromatic heterocycles. The van der Waals surface area contributed by atoms with Crippen molar-refractivity contribution in [3.8, 4) is 0 Å². The number of aryl methyl sites for hydroxylation is 2. The lowest BCUT2D eigenvalue weighted by Gasteiger charge is -2.32. The van der Waals surface area contributed by atoms with Gasteiger partial charge in [0.1, 0.15) is 0 Å². The number of fused-ring (bicyclic) bond motifs is 4. The average Bonchev–Trinajstić information content (AvgIpc) is 3.43. The SMILES string of the molecule is O=C(O)c1cccc2c1C1(CC2)CCc2cccc(P(c3ccccc3)c3ccccc3)c21. The molecule has 2 aliphatic rings. The topological polar surface area (TPSA) is 37.3 Å². The summed E-state index contributed by atoms with van der Waals surface area (Å²) in [5.41, 5.74) is 5.34. The summed E-state index contributed by atoms with van der Waals surface area (Å²) in [6.07, 6.45) is 3.93. The van der Waals surface area contributed by atoms with Crippen molar-refractivity contribution in [2.24, 2.45) is 0 Å². The first-order valence-corrected chi connectivity index (χ1v) is 12.9. The highest BCUT2D eigenvalue weighted by Crippen LogP contribution is 2.54. The van der Waals surface area contributed by atoms with Gasteiger partial charge in [0.05, 0.1) is 5.56 Å². The Morgan fingerprint density at radius 1 is 0.667 bits per heavy atom. The number of aromatic carboxylic acids is 1. The first-order chi connectivity index (χ1) is 16.2. The van der Waals surface area contributed by atoms with Crippen molar-refractivity contribution in [3.05, 3.63) is 125 Å². The first kappa shape index (κ1) is 20.4. The van der Waals surface area contributed by atoms with Gasteiger partial charge in [0.25, 0.3) is 0 Å². The maximum atomic E-state index is 12.3. The van der Waals surface area contributed by atoms with Gasteiger partial charge in [-0.2, -0.15) is 0 Å². The van der Waals surface area contributed by atoms with Crippen LogP contribution in [0.2, 0.25) is 0 Å². The van der Waals surface area contributed by atoms with Crippen molar-refractivity contribution in [1.82, 2.24) is 0 Å². The molecule has 0 radical (unpaired) electrons. The van der Waals surface area contributed by atoms with E-state index >= 15 is 0 Å². The normalized spacial score (nSPS) is 18.5. The predicted octanol–water partition coefficient (Wildman–Crippen LogP) is 5.32. The second-order valence-corrected chi connectivity index (χ2v) is 11.2. The van der Waals surface area contributed by atoms with Crippen LogP contribution in [0.25, 0.3) is 0 Å². The van der Waals surface area contributed by atoms with Crippen LogP contribution in [0.15, 0.2) is 97.1 Å². The lowest BCUT2D eigenvalue weighted by atomic mass is 9.75. The molecule has 0 fully saturated rings. The third-order valence-corrected chi connectivity index (χ3v) is 9.86. The van der Waals surface area contributed by atoms with E-state index in [2.05, 4.69) is 84.9 Å². The molecule has 0 saturated carbocycles. The Bertz CT molecular complexity index is 1300. The zero-order valence-corrected chi connectivity index (χ0v) is 19.3. The second-order valence-electron chi connectivity index (χ2n) is 9.04. The van der Waals surface area contributed by atoms with Gasteiger partial charge in [-0.25, -0.2) is 4.79 Å². The molecule has 4 aromatic rings. The highest BCUT2D eigenvalue weighted by atomic mass is 31.1. The van der Waals surface area contributed by atoms with E-state index in [0.717, 1.165) is 31.2 Å². The van der Waals surface area contributed by atoms with Gasteiger partial charge in [-0.05, 0) is 77.8 Å². The van der Waals surface area contributed by atoms with E-state index in [1.54, 1.807) is 6.07 Å². The Morgan fingerprint density at radius 3 is 1.79 bits per heavy atom. The maximum absolute atomic E-state index is 12.3. The van der Waals surface area contributed by atoms with Gasteiger partial charge in [-0.15, -0.1) is 0 Å². The van der Waals surface area contributed by atoms with Gasteiger partial charge in [0.2, 0.25) is 0 Å². The third-order valence-electron chi connectivity index (χ3n) is 7.38. The fourth-order valence-corrected chi connectivity index (χ4v) is 8.72. The van der Waals surface area contributed by atoms with Gasteiger partial charge >= 0.3 is 5.97 Å². The number of carbonyl (C=O) groups is 1. The van der Waals surface area contributed by atoms with Crippen LogP contribution in [-0.4, -0.2) is 11.1 Å². The maximum Gasteiger partial charge on any atom is 0.336 e. The number of carboxylic acids is 1. The fourth-order valence-electron chi connectivity index (χ4n) is 6.11. The standard InChI is InChI=1S/C30H25O2P/c31-29(32)25-15-7-9-21-17-19-30(27(21)25)20-18-22-10-8-16-26(28(22)30)33(23-11-3-1-4-12-23)24-13-5-2-6-14-24/h1-16H,17-20H2,(H,31,32). The van der Waals surface area contributed by atoms with E-state index in [1.807, 2.05) is 6.07 Å². The van der Waals surface area contributed by atoms with Crippen LogP contribution in [0.3, 0.4) is 0 Å². The summed E-state index contributed by atoms with van der Waals surface area (Å²) in [6, 6.07) is 34.2. The van der Waals surface area contributed by atoms with Crippen molar-refractivity contribution >= 4 is 29.8 Å². The molecule has 6 rings (SSSR count). The van der Waals surface area contributed by atoms with Crippen LogP contribution in [0, 0.1) is 0 Å². The number of benzene rings is 4. The highest BCUT2D eigenvalue weighted by Gasteiger charge is 2.48. The Balaban J connectivity index is 1.63. The van der Waals surface area contributed by atoms with Crippen LogP contribution < -0.4 is 15.9 Å². The van der Waals surface area contributed by atoms with E-state index < -0.39 is 13.9 Å². The molecule has 1 spiro atoms. The summed E-state index contributed by atoms with van der Waals surface area (Å²) in [7, 11) is -0.753. The molecule has 3 heteroatoms. The summed E-state index contributed by atoms with van der Waals surface area (Å²) in [6.45, 7) is 0. The highest BCUT2D eigenvalue weighted by molar-refractivity contribution is 7.79. The number of carboxylic acid groups (broad SMARTS) is 1. The van der Waals surface area contributed by atoms with Gasteiger partial charge in [-0.3, -0.25) is 0 Å². The molecule has 162 valence electrons.